The number of carbonyl (C=O) groups is 3. The van der Waals surface area contributed by atoms with Crippen LogP contribution in [0.1, 0.15) is 31.4 Å². The number of aryl methyl sites for hydroxylation is 1. The van der Waals surface area contributed by atoms with Crippen LogP contribution in [0, 0.1) is 0 Å². The lowest BCUT2D eigenvalue weighted by Crippen LogP contribution is -2.32. The average molecular weight is 503 g/mol. The van der Waals surface area contributed by atoms with Crippen molar-refractivity contribution in [1.29, 1.82) is 0 Å². The average Bonchev–Trinajstić information content (AvgIpc) is 2.92. The fraction of sp³-hybridized carbons (Fsp3) is 0.214. The van der Waals surface area contributed by atoms with Crippen molar-refractivity contribution in [3.8, 4) is 11.5 Å². The molecular formula is C28H30N4O5. The monoisotopic (exact) mass is 502 g/mol. The number of carbonyl (C=O) groups excluding carboxylic acids is 3. The molecule has 3 rings (SSSR count). The molecule has 0 saturated heterocycles. The minimum Gasteiger partial charge on any atom is -0.494 e. The van der Waals surface area contributed by atoms with Gasteiger partial charge in [-0.2, -0.15) is 5.10 Å². The van der Waals surface area contributed by atoms with E-state index < -0.39 is 11.8 Å². The highest BCUT2D eigenvalue weighted by molar-refractivity contribution is 6.39. The summed E-state index contributed by atoms with van der Waals surface area (Å²) in [5.74, 6) is -0.827. The molecule has 0 saturated carbocycles. The second-order valence-electron chi connectivity index (χ2n) is 7.98. The van der Waals surface area contributed by atoms with E-state index in [1.807, 2.05) is 31.2 Å². The largest absolute Gasteiger partial charge is 0.494 e. The minimum atomic E-state index is -0.905. The molecule has 0 radical (unpaired) electrons. The molecular weight excluding hydrogens is 472 g/mol. The Labute approximate surface area is 215 Å². The van der Waals surface area contributed by atoms with Gasteiger partial charge in [0.05, 0.1) is 12.8 Å². The summed E-state index contributed by atoms with van der Waals surface area (Å²) < 4.78 is 11.0. The maximum absolute atomic E-state index is 12.1. The van der Waals surface area contributed by atoms with Crippen LogP contribution in [0.2, 0.25) is 0 Å². The first-order valence-electron chi connectivity index (χ1n) is 12.0. The van der Waals surface area contributed by atoms with Crippen LogP contribution in [0.5, 0.6) is 11.5 Å². The minimum absolute atomic E-state index is 0.136. The van der Waals surface area contributed by atoms with E-state index in [2.05, 4.69) is 28.1 Å². The van der Waals surface area contributed by atoms with Gasteiger partial charge < -0.3 is 20.1 Å². The van der Waals surface area contributed by atoms with E-state index in [1.165, 1.54) is 11.8 Å². The van der Waals surface area contributed by atoms with E-state index in [9.17, 15) is 14.4 Å². The molecule has 3 amide bonds. The van der Waals surface area contributed by atoms with Crippen molar-refractivity contribution in [2.24, 2.45) is 5.10 Å². The number of nitrogens with one attached hydrogen (secondary N) is 3. The van der Waals surface area contributed by atoms with Gasteiger partial charge in [-0.15, -0.1) is 0 Å². The number of benzene rings is 3. The number of hydrazone groups is 1. The third-order valence-electron chi connectivity index (χ3n) is 5.07. The zero-order chi connectivity index (χ0) is 26.5. The molecule has 3 aromatic carbocycles. The van der Waals surface area contributed by atoms with Crippen LogP contribution >= 0.6 is 0 Å². The molecule has 0 aliphatic carbocycles. The number of nitrogens with zero attached hydrogens (tertiary/aromatic N) is 1. The van der Waals surface area contributed by atoms with Crippen molar-refractivity contribution in [2.75, 3.05) is 23.8 Å². The molecule has 37 heavy (non-hydrogen) atoms. The second-order valence-corrected chi connectivity index (χ2v) is 7.98. The zero-order valence-electron chi connectivity index (χ0n) is 20.8. The van der Waals surface area contributed by atoms with Crippen LogP contribution in [-0.4, -0.2) is 37.1 Å². The summed E-state index contributed by atoms with van der Waals surface area (Å²) in [6.07, 6.45) is 3.22. The van der Waals surface area contributed by atoms with E-state index in [-0.39, 0.29) is 12.5 Å². The smallest absolute Gasteiger partial charge is 0.329 e. The van der Waals surface area contributed by atoms with Gasteiger partial charge in [0.1, 0.15) is 11.5 Å². The summed E-state index contributed by atoms with van der Waals surface area (Å²) in [6.45, 7) is 4.55. The van der Waals surface area contributed by atoms with Crippen LogP contribution in [0.15, 0.2) is 77.9 Å². The van der Waals surface area contributed by atoms with Gasteiger partial charge in [-0.1, -0.05) is 26.0 Å². The van der Waals surface area contributed by atoms with E-state index in [1.54, 1.807) is 48.5 Å². The molecule has 192 valence electrons. The van der Waals surface area contributed by atoms with Crippen LogP contribution in [0.25, 0.3) is 0 Å². The predicted molar refractivity (Wildman–Crippen MR) is 143 cm³/mol. The number of ether oxygens (including phenoxy) is 2. The molecule has 0 atom stereocenters. The lowest BCUT2D eigenvalue weighted by Gasteiger charge is -2.08. The van der Waals surface area contributed by atoms with Gasteiger partial charge in [-0.05, 0) is 84.6 Å². The van der Waals surface area contributed by atoms with E-state index in [0.29, 0.717) is 35.0 Å². The number of hydrogen-bond acceptors (Lipinski definition) is 6. The van der Waals surface area contributed by atoms with Gasteiger partial charge in [0.15, 0.2) is 6.61 Å². The van der Waals surface area contributed by atoms with Crippen LogP contribution in [-0.2, 0) is 20.8 Å². The highest BCUT2D eigenvalue weighted by Gasteiger charge is 2.13. The molecule has 0 spiro atoms. The molecule has 3 N–H and O–H groups in total. The van der Waals surface area contributed by atoms with Crippen LogP contribution < -0.4 is 25.5 Å². The summed E-state index contributed by atoms with van der Waals surface area (Å²) in [6, 6.07) is 21.1. The molecule has 0 aromatic heterocycles. The maximum Gasteiger partial charge on any atom is 0.329 e. The van der Waals surface area contributed by atoms with Crippen molar-refractivity contribution < 1.29 is 23.9 Å². The lowest BCUT2D eigenvalue weighted by atomic mass is 10.1. The Morgan fingerprint density at radius 2 is 1.35 bits per heavy atom. The predicted octanol–water partition coefficient (Wildman–Crippen LogP) is 4.14. The van der Waals surface area contributed by atoms with Gasteiger partial charge in [-0.25, -0.2) is 5.43 Å². The third kappa shape index (κ3) is 9.14. The number of anilines is 2. The standard InChI is InChI=1S/C28H30N4O5/c1-3-17-36-24-15-11-23(12-16-24)31-27(34)28(35)32-29-18-21-7-13-25(14-8-21)37-19-26(33)30-22-9-5-20(4-2)6-10-22/h5-16,18H,3-4,17,19H2,1-2H3,(H,30,33)(H,31,34)(H,32,35)/b29-18-. The molecule has 0 fully saturated rings. The molecule has 9 nitrogen and oxygen atoms in total. The van der Waals surface area contributed by atoms with E-state index in [0.717, 1.165) is 12.8 Å². The fourth-order valence-electron chi connectivity index (χ4n) is 3.08. The number of hydrogen-bond donors (Lipinski definition) is 3. The first-order chi connectivity index (χ1) is 18.0. The molecule has 9 heteroatoms. The Bertz CT molecular complexity index is 1210. The topological polar surface area (TPSA) is 118 Å². The van der Waals surface area contributed by atoms with Gasteiger partial charge in [0.25, 0.3) is 5.91 Å². The number of amides is 3. The SMILES string of the molecule is CCCOc1ccc(NC(=O)C(=O)N/N=C\c2ccc(OCC(=O)Nc3ccc(CC)cc3)cc2)cc1. The first kappa shape index (κ1) is 26.9. The molecule has 0 aliphatic heterocycles. The summed E-state index contributed by atoms with van der Waals surface area (Å²) >= 11 is 0. The van der Waals surface area contributed by atoms with Gasteiger partial charge in [-0.3, -0.25) is 14.4 Å². The Balaban J connectivity index is 1.40. The normalized spacial score (nSPS) is 10.5. The molecule has 0 aliphatic rings. The molecule has 0 unspecified atom stereocenters. The number of rotatable bonds is 11. The molecule has 3 aromatic rings. The Kier molecular flexibility index (Phi) is 10.2. The van der Waals surface area contributed by atoms with E-state index in [4.69, 9.17) is 9.47 Å². The summed E-state index contributed by atoms with van der Waals surface area (Å²) in [5.41, 5.74) is 5.22. The van der Waals surface area contributed by atoms with Crippen molar-refractivity contribution in [1.82, 2.24) is 5.43 Å². The Morgan fingerprint density at radius 3 is 2.00 bits per heavy atom. The third-order valence-corrected chi connectivity index (χ3v) is 5.07. The van der Waals surface area contributed by atoms with Crippen molar-refractivity contribution in [3.05, 3.63) is 83.9 Å². The lowest BCUT2D eigenvalue weighted by molar-refractivity contribution is -0.136. The first-order valence-corrected chi connectivity index (χ1v) is 12.0. The Hall–Kier alpha value is -4.66. The highest BCUT2D eigenvalue weighted by atomic mass is 16.5. The zero-order valence-corrected chi connectivity index (χ0v) is 20.8. The Morgan fingerprint density at radius 1 is 0.757 bits per heavy atom. The van der Waals surface area contributed by atoms with Crippen molar-refractivity contribution in [2.45, 2.75) is 26.7 Å². The summed E-state index contributed by atoms with van der Waals surface area (Å²) in [7, 11) is 0. The van der Waals surface area contributed by atoms with Crippen molar-refractivity contribution in [3.63, 3.8) is 0 Å². The van der Waals surface area contributed by atoms with Crippen molar-refractivity contribution >= 4 is 35.3 Å². The van der Waals surface area contributed by atoms with Gasteiger partial charge in [0, 0.05) is 11.4 Å². The summed E-state index contributed by atoms with van der Waals surface area (Å²) in [5, 5.41) is 9.08. The van der Waals surface area contributed by atoms with Gasteiger partial charge in [0.2, 0.25) is 0 Å². The quantitative estimate of drug-likeness (QED) is 0.207. The van der Waals surface area contributed by atoms with Gasteiger partial charge >= 0.3 is 11.8 Å². The molecule has 0 bridgehead atoms. The fourth-order valence-corrected chi connectivity index (χ4v) is 3.08. The molecule has 0 heterocycles. The highest BCUT2D eigenvalue weighted by Crippen LogP contribution is 2.16. The van der Waals surface area contributed by atoms with Crippen LogP contribution in [0.4, 0.5) is 11.4 Å². The van der Waals surface area contributed by atoms with E-state index >= 15 is 0 Å². The second kappa shape index (κ2) is 14.0. The summed E-state index contributed by atoms with van der Waals surface area (Å²) in [4.78, 5) is 36.1. The maximum atomic E-state index is 12.1. The van der Waals surface area contributed by atoms with Crippen LogP contribution in [0.3, 0.4) is 0 Å².